The maximum atomic E-state index is 13.4. The van der Waals surface area contributed by atoms with Gasteiger partial charge in [-0.3, -0.25) is 10.1 Å². The Balaban J connectivity index is 0.000000208. The van der Waals surface area contributed by atoms with Crippen molar-refractivity contribution in [2.24, 2.45) is 0 Å². The molecule has 278 valence electrons. The van der Waals surface area contributed by atoms with Crippen LogP contribution in [-0.2, 0) is 12.8 Å². The fourth-order valence-electron chi connectivity index (χ4n) is 5.54. The van der Waals surface area contributed by atoms with Crippen LogP contribution in [0.1, 0.15) is 36.4 Å². The molecule has 0 aliphatic heterocycles. The highest BCUT2D eigenvalue weighted by Crippen LogP contribution is 2.32. The molecular weight excluding hydrogens is 698 g/mol. The van der Waals surface area contributed by atoms with Crippen molar-refractivity contribution in [3.8, 4) is 45.5 Å². The van der Waals surface area contributed by atoms with Crippen molar-refractivity contribution < 1.29 is 32.7 Å². The summed E-state index contributed by atoms with van der Waals surface area (Å²) in [4.78, 5) is 27.9. The number of nitro benzene ring substituents is 1. The van der Waals surface area contributed by atoms with Gasteiger partial charge in [-0.1, -0.05) is 12.1 Å². The van der Waals surface area contributed by atoms with Gasteiger partial charge in [0.15, 0.2) is 5.75 Å². The Labute approximate surface area is 310 Å². The van der Waals surface area contributed by atoms with Crippen molar-refractivity contribution in [1.29, 1.82) is 0 Å². The molecule has 0 radical (unpaired) electrons. The number of rotatable bonds is 13. The highest BCUT2D eigenvalue weighted by Gasteiger charge is 2.17. The fourth-order valence-corrected chi connectivity index (χ4v) is 5.54. The molecule has 54 heavy (non-hydrogen) atoms. The van der Waals surface area contributed by atoms with E-state index in [1.54, 1.807) is 37.3 Å². The topological polar surface area (TPSA) is 158 Å². The van der Waals surface area contributed by atoms with Gasteiger partial charge in [0, 0.05) is 53.6 Å². The van der Waals surface area contributed by atoms with Crippen LogP contribution in [0.3, 0.4) is 0 Å². The number of hydrogen-bond donors (Lipinski definition) is 1. The van der Waals surface area contributed by atoms with Gasteiger partial charge in [-0.25, -0.2) is 28.7 Å². The molecule has 0 spiro atoms. The van der Waals surface area contributed by atoms with Crippen molar-refractivity contribution in [3.05, 3.63) is 142 Å². The molecule has 0 amide bonds. The van der Waals surface area contributed by atoms with E-state index in [4.69, 9.17) is 24.7 Å². The average molecular weight is 737 g/mol. The Morgan fingerprint density at radius 2 is 1.11 bits per heavy atom. The van der Waals surface area contributed by atoms with Crippen molar-refractivity contribution in [3.63, 3.8) is 0 Å². The van der Waals surface area contributed by atoms with E-state index in [9.17, 15) is 18.9 Å². The van der Waals surface area contributed by atoms with Crippen molar-refractivity contribution >= 4 is 11.4 Å². The summed E-state index contributed by atoms with van der Waals surface area (Å²) in [7, 11) is 2.96. The van der Waals surface area contributed by atoms with Gasteiger partial charge in [0.05, 0.1) is 49.4 Å². The Bertz CT molecular complexity index is 2240. The van der Waals surface area contributed by atoms with Gasteiger partial charge >= 0.3 is 5.69 Å². The van der Waals surface area contributed by atoms with Gasteiger partial charge in [-0.05, 0) is 79.6 Å². The molecule has 2 N–H and O–H groups in total. The van der Waals surface area contributed by atoms with E-state index >= 15 is 0 Å². The zero-order chi connectivity index (χ0) is 38.6. The van der Waals surface area contributed by atoms with Crippen LogP contribution in [0.4, 0.5) is 20.2 Å². The highest BCUT2D eigenvalue weighted by atomic mass is 19.1. The second-order valence-electron chi connectivity index (χ2n) is 11.6. The van der Waals surface area contributed by atoms with Crippen molar-refractivity contribution in [2.45, 2.75) is 26.7 Å². The van der Waals surface area contributed by atoms with Crippen LogP contribution < -0.4 is 24.7 Å². The number of ether oxygens (including phenoxy) is 4. The van der Waals surface area contributed by atoms with Crippen LogP contribution in [-0.4, -0.2) is 52.3 Å². The van der Waals surface area contributed by atoms with Gasteiger partial charge in [0.2, 0.25) is 0 Å². The Hall–Kier alpha value is -6.70. The van der Waals surface area contributed by atoms with Gasteiger partial charge in [0.25, 0.3) is 0 Å². The molecule has 0 fully saturated rings. The number of nitrogen functional groups attached to an aromatic ring is 1. The number of nitro groups is 1. The minimum atomic E-state index is -0.469. The van der Waals surface area contributed by atoms with Gasteiger partial charge in [0.1, 0.15) is 41.5 Å². The molecule has 2 aromatic heterocycles. The number of aromatic nitrogens is 4. The lowest BCUT2D eigenvalue weighted by molar-refractivity contribution is -0.385. The lowest BCUT2D eigenvalue weighted by Gasteiger charge is -2.10. The third-order valence-electron chi connectivity index (χ3n) is 7.99. The van der Waals surface area contributed by atoms with Crippen molar-refractivity contribution in [1.82, 2.24) is 19.9 Å². The van der Waals surface area contributed by atoms with Crippen LogP contribution in [0.15, 0.2) is 97.6 Å². The molecule has 12 nitrogen and oxygen atoms in total. The van der Waals surface area contributed by atoms with E-state index in [0.717, 1.165) is 11.3 Å². The lowest BCUT2D eigenvalue weighted by atomic mass is 10.1. The summed E-state index contributed by atoms with van der Waals surface area (Å²) in [6, 6.07) is 22.7. The maximum Gasteiger partial charge on any atom is 0.311 e. The predicted molar refractivity (Wildman–Crippen MR) is 200 cm³/mol. The van der Waals surface area contributed by atoms with Crippen LogP contribution in [0.5, 0.6) is 23.0 Å². The molecule has 14 heteroatoms. The third kappa shape index (κ3) is 9.79. The van der Waals surface area contributed by atoms with E-state index in [-0.39, 0.29) is 17.3 Å². The van der Waals surface area contributed by atoms with E-state index in [1.807, 2.05) is 31.2 Å². The van der Waals surface area contributed by atoms with E-state index < -0.39 is 10.7 Å². The first kappa shape index (κ1) is 38.5. The van der Waals surface area contributed by atoms with Crippen LogP contribution in [0, 0.1) is 21.7 Å². The number of halogens is 2. The monoisotopic (exact) mass is 736 g/mol. The Kier molecular flexibility index (Phi) is 13.0. The Morgan fingerprint density at radius 3 is 1.57 bits per heavy atom. The Morgan fingerprint density at radius 1 is 0.630 bits per heavy atom. The van der Waals surface area contributed by atoms with Crippen LogP contribution in [0.25, 0.3) is 22.5 Å². The number of anilines is 1. The van der Waals surface area contributed by atoms with E-state index in [0.29, 0.717) is 82.8 Å². The molecule has 0 atom stereocenters. The minimum Gasteiger partial charge on any atom is -0.496 e. The summed E-state index contributed by atoms with van der Waals surface area (Å²) in [5, 5.41) is 11.3. The van der Waals surface area contributed by atoms with Crippen LogP contribution in [0.2, 0.25) is 0 Å². The highest BCUT2D eigenvalue weighted by molar-refractivity contribution is 5.68. The van der Waals surface area contributed by atoms with Gasteiger partial charge in [-0.15, -0.1) is 0 Å². The number of benzene rings is 4. The van der Waals surface area contributed by atoms with Crippen molar-refractivity contribution in [2.75, 3.05) is 33.2 Å². The molecule has 4 aromatic carbocycles. The SMILES string of the molecule is CCOc1ccc(Cc2cc(-c3ccc(F)cc3OC)ncn2)cc1N.CCOc1ccc(Cc2cc(-c3ccc(F)cc3OC)ncn2)cc1[N+](=O)[O-]. The number of nitrogens with zero attached hydrogens (tertiary/aromatic N) is 5. The summed E-state index contributed by atoms with van der Waals surface area (Å²) in [5.41, 5.74) is 12.3. The second kappa shape index (κ2) is 18.2. The van der Waals surface area contributed by atoms with Crippen LogP contribution >= 0.6 is 0 Å². The molecule has 6 rings (SSSR count). The molecule has 6 aromatic rings. The largest absolute Gasteiger partial charge is 0.496 e. The minimum absolute atomic E-state index is 0.0890. The zero-order valence-electron chi connectivity index (χ0n) is 30.1. The fraction of sp³-hybridized carbons (Fsp3) is 0.200. The zero-order valence-corrected chi connectivity index (χ0v) is 30.1. The quantitative estimate of drug-likeness (QED) is 0.0695. The number of nitrogens with two attached hydrogens (primary N) is 1. The standard InChI is InChI=1S/C20H18FN3O4.C20H20FN3O2/c1-3-28-19-7-4-13(9-18(19)24(25)26)8-15-11-17(23-12-22-15)16-6-5-14(21)10-20(16)27-2;1-3-26-19-7-4-13(9-17(19)22)8-15-11-18(24-12-23-15)16-6-5-14(21)10-20(16)25-2/h4-7,9-12H,3,8H2,1-2H3;4-7,9-12H,3,8,22H2,1-2H3. The summed E-state index contributed by atoms with van der Waals surface area (Å²) in [5.74, 6) is 0.939. The molecule has 0 aliphatic carbocycles. The predicted octanol–water partition coefficient (Wildman–Crippen LogP) is 8.05. The molecule has 0 saturated heterocycles. The third-order valence-corrected chi connectivity index (χ3v) is 7.99. The summed E-state index contributed by atoms with van der Waals surface area (Å²) >= 11 is 0. The van der Waals surface area contributed by atoms with Gasteiger partial charge < -0.3 is 24.7 Å². The molecule has 0 aliphatic rings. The molecule has 0 bridgehead atoms. The molecule has 0 saturated carbocycles. The second-order valence-corrected chi connectivity index (χ2v) is 11.6. The first-order valence-electron chi connectivity index (χ1n) is 16.8. The molecule has 2 heterocycles. The first-order chi connectivity index (χ1) is 26.1. The first-order valence-corrected chi connectivity index (χ1v) is 16.8. The van der Waals surface area contributed by atoms with Gasteiger partial charge in [-0.2, -0.15) is 0 Å². The maximum absolute atomic E-state index is 13.4. The smallest absolute Gasteiger partial charge is 0.311 e. The lowest BCUT2D eigenvalue weighted by Crippen LogP contribution is -2.00. The van der Waals surface area contributed by atoms with E-state index in [1.165, 1.54) is 57.2 Å². The average Bonchev–Trinajstić information content (AvgIpc) is 3.17. The normalized spacial score (nSPS) is 10.6. The molecular formula is C40H38F2N6O6. The summed E-state index contributed by atoms with van der Waals surface area (Å²) in [6.07, 6.45) is 3.85. The molecule has 0 unspecified atom stereocenters. The number of hydrogen-bond acceptors (Lipinski definition) is 11. The number of methoxy groups -OCH3 is 2. The van der Waals surface area contributed by atoms with E-state index in [2.05, 4.69) is 19.9 Å². The summed E-state index contributed by atoms with van der Waals surface area (Å²) in [6.45, 7) is 4.59. The summed E-state index contributed by atoms with van der Waals surface area (Å²) < 4.78 is 48.1.